The van der Waals surface area contributed by atoms with Crippen LogP contribution in [0.1, 0.15) is 46.1 Å². The number of pyridine rings is 1. The van der Waals surface area contributed by atoms with Crippen LogP contribution in [0.2, 0.25) is 0 Å². The number of rotatable bonds is 5. The highest BCUT2D eigenvalue weighted by atomic mass is 19.1. The Morgan fingerprint density at radius 1 is 1.18 bits per heavy atom. The molecule has 4 heterocycles. The number of likely N-dealkylation sites (tertiary alicyclic amines) is 1. The fraction of sp³-hybridized carbons (Fsp3) is 0.333. The molecule has 0 saturated carbocycles. The average Bonchev–Trinajstić information content (AvgIpc) is 3.34. The van der Waals surface area contributed by atoms with Crippen molar-refractivity contribution in [3.63, 3.8) is 0 Å². The van der Waals surface area contributed by atoms with Crippen molar-refractivity contribution in [1.29, 1.82) is 0 Å². The molecule has 1 saturated heterocycles. The van der Waals surface area contributed by atoms with Crippen molar-refractivity contribution in [3.8, 4) is 5.75 Å². The molecule has 1 amide bonds. The molecule has 196 valence electrons. The van der Waals surface area contributed by atoms with Gasteiger partial charge in [-0.25, -0.2) is 4.39 Å². The summed E-state index contributed by atoms with van der Waals surface area (Å²) in [5.74, 6) is 0.497. The summed E-state index contributed by atoms with van der Waals surface area (Å²) in [6, 6.07) is 16.1. The lowest BCUT2D eigenvalue weighted by Crippen LogP contribution is -2.54. The molecule has 0 bridgehead atoms. The number of hydrogen-bond acceptors (Lipinski definition) is 5. The van der Waals surface area contributed by atoms with Crippen LogP contribution in [0, 0.1) is 5.82 Å². The van der Waals surface area contributed by atoms with Crippen LogP contribution < -0.4 is 4.74 Å². The van der Waals surface area contributed by atoms with Gasteiger partial charge in [0.25, 0.3) is 5.91 Å². The van der Waals surface area contributed by atoms with Gasteiger partial charge >= 0.3 is 0 Å². The number of hydrogen-bond donors (Lipinski definition) is 2. The zero-order chi connectivity index (χ0) is 26.3. The highest BCUT2D eigenvalue weighted by Crippen LogP contribution is 2.49. The molecule has 1 fully saturated rings. The number of benzene rings is 2. The number of nitrogens with zero attached hydrogens (tertiary/aromatic N) is 3. The van der Waals surface area contributed by atoms with Gasteiger partial charge in [0.1, 0.15) is 11.6 Å². The summed E-state index contributed by atoms with van der Waals surface area (Å²) >= 11 is 0. The largest absolute Gasteiger partial charge is 0.497 e. The molecular weight excluding hydrogens is 483 g/mol. The summed E-state index contributed by atoms with van der Waals surface area (Å²) in [7, 11) is 1.65. The second-order valence-electron chi connectivity index (χ2n) is 10.3. The van der Waals surface area contributed by atoms with E-state index in [0.717, 1.165) is 35.2 Å². The van der Waals surface area contributed by atoms with Gasteiger partial charge in [-0.2, -0.15) is 0 Å². The molecule has 6 rings (SSSR count). The Morgan fingerprint density at radius 3 is 2.71 bits per heavy atom. The first kappa shape index (κ1) is 24.6. The van der Waals surface area contributed by atoms with Crippen LogP contribution in [-0.4, -0.2) is 64.1 Å². The number of aliphatic hydroxyl groups is 1. The van der Waals surface area contributed by atoms with Crippen molar-refractivity contribution < 1.29 is 19.0 Å². The van der Waals surface area contributed by atoms with E-state index >= 15 is 0 Å². The van der Waals surface area contributed by atoms with E-state index in [-0.39, 0.29) is 29.8 Å². The van der Waals surface area contributed by atoms with Crippen LogP contribution in [0.5, 0.6) is 5.75 Å². The maximum atomic E-state index is 14.7. The number of ether oxygens (including phenoxy) is 1. The smallest absolute Gasteiger partial charge is 0.255 e. The molecule has 2 aromatic heterocycles. The van der Waals surface area contributed by atoms with Crippen LogP contribution in [0.15, 0.2) is 67.0 Å². The van der Waals surface area contributed by atoms with Gasteiger partial charge in [-0.1, -0.05) is 18.2 Å². The van der Waals surface area contributed by atoms with Gasteiger partial charge in [-0.05, 0) is 48.7 Å². The molecular formula is C30H31FN4O3. The average molecular weight is 515 g/mol. The van der Waals surface area contributed by atoms with E-state index in [1.807, 2.05) is 23.1 Å². The Kier molecular flexibility index (Phi) is 6.37. The predicted molar refractivity (Wildman–Crippen MR) is 143 cm³/mol. The molecule has 38 heavy (non-hydrogen) atoms. The Balaban J connectivity index is 1.40. The first-order valence-electron chi connectivity index (χ1n) is 13.0. The van der Waals surface area contributed by atoms with Crippen LogP contribution >= 0.6 is 0 Å². The van der Waals surface area contributed by atoms with E-state index in [1.54, 1.807) is 43.8 Å². The lowest BCUT2D eigenvalue weighted by atomic mass is 9.68. The van der Waals surface area contributed by atoms with E-state index < -0.39 is 0 Å². The number of aliphatic hydroxyl groups excluding tert-OH is 1. The van der Waals surface area contributed by atoms with E-state index in [9.17, 15) is 14.3 Å². The van der Waals surface area contributed by atoms with Gasteiger partial charge in [0.2, 0.25) is 0 Å². The summed E-state index contributed by atoms with van der Waals surface area (Å²) < 4.78 is 20.2. The van der Waals surface area contributed by atoms with Gasteiger partial charge in [-0.3, -0.25) is 14.7 Å². The van der Waals surface area contributed by atoms with Crippen molar-refractivity contribution >= 4 is 16.8 Å². The first-order valence-corrected chi connectivity index (χ1v) is 13.0. The number of carbonyl (C=O) groups excluding carboxylic acids is 1. The summed E-state index contributed by atoms with van der Waals surface area (Å²) in [5, 5.41) is 11.7. The van der Waals surface area contributed by atoms with Crippen molar-refractivity contribution in [2.75, 3.05) is 33.4 Å². The maximum Gasteiger partial charge on any atom is 0.255 e. The zero-order valence-electron chi connectivity index (χ0n) is 21.4. The third-order valence-corrected chi connectivity index (χ3v) is 8.27. The number of carbonyl (C=O) groups is 1. The fourth-order valence-corrected chi connectivity index (χ4v) is 6.34. The number of aromatic nitrogens is 2. The van der Waals surface area contributed by atoms with Gasteiger partial charge in [0.05, 0.1) is 25.3 Å². The number of aromatic amines is 1. The van der Waals surface area contributed by atoms with Gasteiger partial charge < -0.3 is 19.7 Å². The minimum Gasteiger partial charge on any atom is -0.497 e. The SMILES string of the molecule is COc1ccc2c3c([nH]c2c1)C(CO)N(Cc1ccccc1F)CC31CCN(C(=O)c2cccnc2)CC1. The third kappa shape index (κ3) is 4.14. The van der Waals surface area contributed by atoms with Crippen molar-refractivity contribution in [2.45, 2.75) is 30.8 Å². The van der Waals surface area contributed by atoms with Crippen molar-refractivity contribution in [2.24, 2.45) is 0 Å². The molecule has 0 aliphatic carbocycles. The normalized spacial score (nSPS) is 19.0. The van der Waals surface area contributed by atoms with E-state index in [2.05, 4.69) is 20.9 Å². The number of H-pyrrole nitrogens is 1. The number of nitrogens with one attached hydrogen (secondary N) is 1. The first-order chi connectivity index (χ1) is 18.5. The summed E-state index contributed by atoms with van der Waals surface area (Å²) in [6.07, 6.45) is 4.80. The lowest BCUT2D eigenvalue weighted by Gasteiger charge is -2.50. The Morgan fingerprint density at radius 2 is 2.00 bits per heavy atom. The van der Waals surface area contributed by atoms with E-state index in [1.165, 1.54) is 11.6 Å². The highest BCUT2D eigenvalue weighted by molar-refractivity contribution is 5.94. The molecule has 2 aliphatic heterocycles. The Hall–Kier alpha value is -3.75. The highest BCUT2D eigenvalue weighted by Gasteiger charge is 2.48. The van der Waals surface area contributed by atoms with Gasteiger partial charge in [-0.15, -0.1) is 0 Å². The Labute approximate surface area is 220 Å². The minimum atomic E-state index is -0.302. The number of piperidine rings is 1. The molecule has 8 heteroatoms. The monoisotopic (exact) mass is 514 g/mol. The van der Waals surface area contributed by atoms with Gasteiger partial charge in [0.15, 0.2) is 0 Å². The second kappa shape index (κ2) is 9.85. The summed E-state index contributed by atoms with van der Waals surface area (Å²) in [5.41, 5.74) is 4.05. The van der Waals surface area contributed by atoms with Crippen LogP contribution in [0.3, 0.4) is 0 Å². The predicted octanol–water partition coefficient (Wildman–Crippen LogP) is 4.43. The molecule has 1 atom stereocenters. The van der Waals surface area contributed by atoms with Crippen molar-refractivity contribution in [1.82, 2.24) is 19.8 Å². The number of methoxy groups -OCH3 is 1. The van der Waals surface area contributed by atoms with Crippen LogP contribution in [0.25, 0.3) is 10.9 Å². The molecule has 2 aliphatic rings. The fourth-order valence-electron chi connectivity index (χ4n) is 6.34. The molecule has 0 radical (unpaired) electrons. The standard InChI is InChI=1S/C30H31FN4O3/c1-38-22-8-9-23-25(15-22)33-28-26(18-36)35(17-21-5-2-3-7-24(21)31)19-30(27(23)28)10-13-34(14-11-30)29(37)20-6-4-12-32-16-20/h2-9,12,15-16,26,33,36H,10-11,13-14,17-19H2,1H3. The van der Waals surface area contributed by atoms with E-state index in [0.29, 0.717) is 37.3 Å². The number of amides is 1. The van der Waals surface area contributed by atoms with E-state index in [4.69, 9.17) is 4.74 Å². The van der Waals surface area contributed by atoms with Crippen LogP contribution in [0.4, 0.5) is 4.39 Å². The Bertz CT molecular complexity index is 1460. The molecule has 1 spiro atoms. The molecule has 7 nitrogen and oxygen atoms in total. The second-order valence-corrected chi connectivity index (χ2v) is 10.3. The number of halogens is 1. The minimum absolute atomic E-state index is 0.0101. The maximum absolute atomic E-state index is 14.7. The topological polar surface area (TPSA) is 81.7 Å². The summed E-state index contributed by atoms with van der Waals surface area (Å²) in [6.45, 7) is 2.16. The van der Waals surface area contributed by atoms with Crippen molar-refractivity contribution in [3.05, 3.63) is 95.2 Å². The number of fused-ring (bicyclic) bond motifs is 4. The van der Waals surface area contributed by atoms with Crippen LogP contribution in [-0.2, 0) is 12.0 Å². The van der Waals surface area contributed by atoms with Gasteiger partial charge in [0, 0.05) is 72.2 Å². The quantitative estimate of drug-likeness (QED) is 0.412. The molecule has 2 aromatic carbocycles. The molecule has 1 unspecified atom stereocenters. The summed E-state index contributed by atoms with van der Waals surface area (Å²) in [4.78, 5) is 25.0. The third-order valence-electron chi connectivity index (χ3n) is 8.27. The molecule has 2 N–H and O–H groups in total. The lowest BCUT2D eigenvalue weighted by molar-refractivity contribution is 0.0382. The zero-order valence-corrected chi connectivity index (χ0v) is 21.4. The molecule has 4 aromatic rings.